The average Bonchev–Trinajstić information content (AvgIpc) is 2.82. The Hall–Kier alpha value is -2.98. The van der Waals surface area contributed by atoms with E-state index in [0.717, 1.165) is 41.5 Å². The van der Waals surface area contributed by atoms with Crippen LogP contribution in [0.2, 0.25) is 0 Å². The normalized spacial score (nSPS) is 25.8. The van der Waals surface area contributed by atoms with E-state index in [1.165, 1.54) is 11.3 Å². The Morgan fingerprint density at radius 1 is 1.19 bits per heavy atom. The summed E-state index contributed by atoms with van der Waals surface area (Å²) >= 11 is 0. The minimum absolute atomic E-state index is 0.244. The van der Waals surface area contributed by atoms with Crippen molar-refractivity contribution in [3.63, 3.8) is 0 Å². The first kappa shape index (κ1) is 20.0. The summed E-state index contributed by atoms with van der Waals surface area (Å²) in [5.74, 6) is 0.931. The molecule has 31 heavy (non-hydrogen) atoms. The summed E-state index contributed by atoms with van der Waals surface area (Å²) in [5, 5.41) is 1.06. The number of nitrogens with one attached hydrogen (secondary N) is 1. The largest absolute Gasteiger partial charge is 0.447 e. The third-order valence-corrected chi connectivity index (χ3v) is 7.28. The van der Waals surface area contributed by atoms with Gasteiger partial charge in [-0.15, -0.1) is 6.58 Å². The highest BCUT2D eigenvalue weighted by Gasteiger charge is 2.47. The molecule has 0 spiro atoms. The molecule has 6 rings (SSSR count). The molecule has 1 aromatic heterocycles. The van der Waals surface area contributed by atoms with Crippen molar-refractivity contribution >= 4 is 16.9 Å². The molecule has 158 valence electrons. The van der Waals surface area contributed by atoms with Gasteiger partial charge in [-0.25, -0.2) is 4.79 Å². The highest BCUT2D eigenvalue weighted by Crippen LogP contribution is 2.36. The predicted octanol–water partition coefficient (Wildman–Crippen LogP) is 3.92. The first-order valence-corrected chi connectivity index (χ1v) is 11.2. The van der Waals surface area contributed by atoms with Crippen LogP contribution in [0.1, 0.15) is 40.4 Å². The van der Waals surface area contributed by atoms with Gasteiger partial charge in [-0.3, -0.25) is 4.98 Å². The number of carbonyl (C=O) groups is 1. The maximum Gasteiger partial charge on any atom is 0.339 e. The molecule has 0 amide bonds. The quantitative estimate of drug-likeness (QED) is 0.509. The lowest BCUT2D eigenvalue weighted by molar-refractivity contribution is -0.949. The first-order chi connectivity index (χ1) is 15.2. The van der Waals surface area contributed by atoms with E-state index in [9.17, 15) is 4.79 Å². The standard InChI is InChI=1S/C27H28N2O2/c1-3-19-17-29-15-13-20(19)16-25(29)26(31-27(30)21-9-5-4-8-18(21)2)23-12-14-28-24-11-7-6-10-22(23)24/h3-12,14,19-20,25-26H,1,13,15-17H2,2H3/p+1/t19-,20+,25-,26+/m0/s1. The van der Waals surface area contributed by atoms with E-state index in [2.05, 4.69) is 23.7 Å². The second kappa shape index (κ2) is 8.27. The van der Waals surface area contributed by atoms with Crippen molar-refractivity contribution in [2.45, 2.75) is 31.9 Å². The molecule has 1 N–H and O–H groups in total. The second-order valence-corrected chi connectivity index (χ2v) is 8.96. The lowest BCUT2D eigenvalue weighted by Gasteiger charge is -2.48. The van der Waals surface area contributed by atoms with E-state index < -0.39 is 0 Å². The summed E-state index contributed by atoms with van der Waals surface area (Å²) in [5.41, 5.74) is 3.58. The molecular formula is C27H29N2O2+. The molecule has 3 aromatic rings. The van der Waals surface area contributed by atoms with Crippen molar-refractivity contribution in [3.05, 3.63) is 90.1 Å². The van der Waals surface area contributed by atoms with Crippen molar-refractivity contribution in [2.24, 2.45) is 11.8 Å². The van der Waals surface area contributed by atoms with Gasteiger partial charge in [0.15, 0.2) is 6.10 Å². The fourth-order valence-corrected chi connectivity index (χ4v) is 5.60. The molecule has 0 aliphatic carbocycles. The molecule has 3 saturated heterocycles. The number of ether oxygens (including phenoxy) is 1. The molecule has 1 unspecified atom stereocenters. The Balaban J connectivity index is 1.55. The monoisotopic (exact) mass is 413 g/mol. The molecule has 3 aliphatic heterocycles. The second-order valence-electron chi connectivity index (χ2n) is 8.96. The van der Waals surface area contributed by atoms with Crippen LogP contribution >= 0.6 is 0 Å². The topological polar surface area (TPSA) is 43.6 Å². The number of para-hydroxylation sites is 1. The summed E-state index contributed by atoms with van der Waals surface area (Å²) in [7, 11) is 0. The maximum absolute atomic E-state index is 13.3. The Kier molecular flexibility index (Phi) is 5.33. The fraction of sp³-hybridized carbons (Fsp3) is 0.333. The number of pyridine rings is 1. The number of rotatable bonds is 5. The molecule has 3 aliphatic rings. The van der Waals surface area contributed by atoms with Crippen LogP contribution in [-0.2, 0) is 4.74 Å². The van der Waals surface area contributed by atoms with Crippen LogP contribution in [0.25, 0.3) is 10.9 Å². The lowest BCUT2D eigenvalue weighted by Crippen LogP contribution is -3.20. The Morgan fingerprint density at radius 2 is 2.00 bits per heavy atom. The van der Waals surface area contributed by atoms with E-state index in [0.29, 0.717) is 17.4 Å². The lowest BCUT2D eigenvalue weighted by atomic mass is 9.73. The number of aryl methyl sites for hydroxylation is 1. The number of esters is 1. The third-order valence-electron chi connectivity index (χ3n) is 7.28. The first-order valence-electron chi connectivity index (χ1n) is 11.2. The number of hydrogen-bond acceptors (Lipinski definition) is 3. The number of carbonyl (C=O) groups excluding carboxylic acids is 1. The number of quaternary nitrogens is 1. The summed E-state index contributed by atoms with van der Waals surface area (Å²) < 4.78 is 6.36. The van der Waals surface area contributed by atoms with E-state index in [4.69, 9.17) is 4.74 Å². The highest BCUT2D eigenvalue weighted by atomic mass is 16.5. The van der Waals surface area contributed by atoms with Gasteiger partial charge in [0.05, 0.1) is 24.2 Å². The molecule has 0 radical (unpaired) electrons. The van der Waals surface area contributed by atoms with Crippen molar-refractivity contribution in [2.75, 3.05) is 13.1 Å². The Morgan fingerprint density at radius 3 is 2.77 bits per heavy atom. The molecule has 4 heteroatoms. The van der Waals surface area contributed by atoms with Crippen molar-refractivity contribution in [3.8, 4) is 0 Å². The van der Waals surface area contributed by atoms with Crippen LogP contribution in [0.15, 0.2) is 73.4 Å². The summed E-state index contributed by atoms with van der Waals surface area (Å²) in [6.45, 7) is 8.22. The van der Waals surface area contributed by atoms with Gasteiger partial charge in [-0.1, -0.05) is 42.5 Å². The predicted molar refractivity (Wildman–Crippen MR) is 122 cm³/mol. The van der Waals surface area contributed by atoms with Gasteiger partial charge in [0.25, 0.3) is 0 Å². The maximum atomic E-state index is 13.3. The molecule has 4 nitrogen and oxygen atoms in total. The molecule has 5 atom stereocenters. The van der Waals surface area contributed by atoms with Gasteiger partial charge < -0.3 is 9.64 Å². The van der Waals surface area contributed by atoms with Gasteiger partial charge in [0, 0.05) is 35.9 Å². The van der Waals surface area contributed by atoms with Crippen molar-refractivity contribution < 1.29 is 14.4 Å². The molecule has 2 bridgehead atoms. The van der Waals surface area contributed by atoms with Crippen LogP contribution in [-0.4, -0.2) is 30.1 Å². The van der Waals surface area contributed by atoms with E-state index in [1.807, 2.05) is 61.7 Å². The van der Waals surface area contributed by atoms with Crippen molar-refractivity contribution in [1.29, 1.82) is 0 Å². The van der Waals surface area contributed by atoms with E-state index >= 15 is 0 Å². The smallest absolute Gasteiger partial charge is 0.339 e. The third kappa shape index (κ3) is 3.66. The Bertz CT molecular complexity index is 1120. The number of nitrogens with zero attached hydrogens (tertiary/aromatic N) is 1. The number of piperidine rings is 3. The van der Waals surface area contributed by atoms with Crippen LogP contribution in [0.5, 0.6) is 0 Å². The van der Waals surface area contributed by atoms with Gasteiger partial charge in [-0.2, -0.15) is 0 Å². The average molecular weight is 414 g/mol. The minimum atomic E-state index is -0.302. The van der Waals surface area contributed by atoms with Gasteiger partial charge in [0.2, 0.25) is 0 Å². The number of benzene rings is 2. The van der Waals surface area contributed by atoms with Crippen molar-refractivity contribution in [1.82, 2.24) is 4.98 Å². The molecule has 2 aromatic carbocycles. The summed E-state index contributed by atoms with van der Waals surface area (Å²) in [4.78, 5) is 19.3. The number of fused-ring (bicyclic) bond motifs is 4. The van der Waals surface area contributed by atoms with Crippen LogP contribution in [0.3, 0.4) is 0 Å². The Labute approximate surface area is 183 Å². The zero-order valence-corrected chi connectivity index (χ0v) is 18.0. The van der Waals surface area contributed by atoms with Crippen LogP contribution in [0.4, 0.5) is 0 Å². The summed E-state index contributed by atoms with van der Waals surface area (Å²) in [6, 6.07) is 18.1. The van der Waals surface area contributed by atoms with Gasteiger partial charge >= 0.3 is 5.97 Å². The summed E-state index contributed by atoms with van der Waals surface area (Å²) in [6.07, 6.45) is 5.93. The molecule has 3 fully saturated rings. The fourth-order valence-electron chi connectivity index (χ4n) is 5.60. The number of aromatic nitrogens is 1. The number of hydrogen-bond donors (Lipinski definition) is 1. The highest BCUT2D eigenvalue weighted by molar-refractivity contribution is 5.91. The zero-order chi connectivity index (χ0) is 21.4. The molecule has 0 saturated carbocycles. The molecular weight excluding hydrogens is 384 g/mol. The van der Waals surface area contributed by atoms with E-state index in [-0.39, 0.29) is 18.1 Å². The van der Waals surface area contributed by atoms with Gasteiger partial charge in [0.1, 0.15) is 6.04 Å². The molecule has 4 heterocycles. The van der Waals surface area contributed by atoms with Crippen LogP contribution in [0, 0.1) is 18.8 Å². The zero-order valence-electron chi connectivity index (χ0n) is 18.0. The minimum Gasteiger partial charge on any atom is -0.447 e. The van der Waals surface area contributed by atoms with Crippen LogP contribution < -0.4 is 4.90 Å². The SMILES string of the molecule is C=C[C@H]1C[NH+]2CC[C@@H]1C[C@H]2[C@H](OC(=O)c1ccccc1C)c1ccnc2ccccc12. The van der Waals surface area contributed by atoms with Gasteiger partial charge in [-0.05, 0) is 36.6 Å². The van der Waals surface area contributed by atoms with E-state index in [1.54, 1.807) is 0 Å².